The average Bonchev–Trinajstić information content (AvgIpc) is 3.05. The minimum atomic E-state index is -1.15. The van der Waals surface area contributed by atoms with Crippen LogP contribution >= 0.6 is 0 Å². The Kier molecular flexibility index (Phi) is 5.53. The van der Waals surface area contributed by atoms with Crippen LogP contribution in [-0.4, -0.2) is 41.0 Å². The molecule has 3 atom stereocenters. The zero-order valence-corrected chi connectivity index (χ0v) is 16.1. The first-order valence-corrected chi connectivity index (χ1v) is 10.1. The zero-order valence-electron chi connectivity index (χ0n) is 16.1. The molecule has 0 heterocycles. The van der Waals surface area contributed by atoms with Crippen molar-refractivity contribution in [3.8, 4) is 11.1 Å². The number of carboxylic acid groups (broad SMARTS) is 1. The maximum absolute atomic E-state index is 12.4. The highest BCUT2D eigenvalue weighted by atomic mass is 16.5. The van der Waals surface area contributed by atoms with E-state index in [0.29, 0.717) is 12.8 Å². The standard InChI is InChI=1S/C23H25NO5/c25-20-12-6-5-11-18(20)21(22(26)27)24-23(28)29-13-19-16-9-3-1-7-14(16)15-8-2-4-10-17(15)19/h1-4,7-10,18-21,25H,5-6,11-13H2,(H,24,28)(H,26,27). The summed E-state index contributed by atoms with van der Waals surface area (Å²) in [6.07, 6.45) is 1.35. The van der Waals surface area contributed by atoms with Gasteiger partial charge < -0.3 is 20.3 Å². The van der Waals surface area contributed by atoms with Crippen LogP contribution in [0.4, 0.5) is 4.79 Å². The molecule has 0 aliphatic heterocycles. The van der Waals surface area contributed by atoms with Crippen molar-refractivity contribution in [2.45, 2.75) is 43.7 Å². The van der Waals surface area contributed by atoms with E-state index in [4.69, 9.17) is 4.74 Å². The molecule has 29 heavy (non-hydrogen) atoms. The second kappa shape index (κ2) is 8.25. The van der Waals surface area contributed by atoms with Gasteiger partial charge in [0, 0.05) is 11.8 Å². The van der Waals surface area contributed by atoms with Crippen LogP contribution in [0.2, 0.25) is 0 Å². The van der Waals surface area contributed by atoms with Gasteiger partial charge in [0.15, 0.2) is 0 Å². The molecule has 6 nitrogen and oxygen atoms in total. The highest BCUT2D eigenvalue weighted by Crippen LogP contribution is 2.44. The van der Waals surface area contributed by atoms with Gasteiger partial charge in [0.1, 0.15) is 12.6 Å². The Balaban J connectivity index is 1.45. The molecule has 0 saturated heterocycles. The number of hydrogen-bond acceptors (Lipinski definition) is 4. The number of aliphatic hydroxyl groups is 1. The van der Waals surface area contributed by atoms with Gasteiger partial charge in [-0.25, -0.2) is 9.59 Å². The summed E-state index contributed by atoms with van der Waals surface area (Å²) < 4.78 is 5.45. The van der Waals surface area contributed by atoms with Gasteiger partial charge in [-0.2, -0.15) is 0 Å². The van der Waals surface area contributed by atoms with E-state index in [1.165, 1.54) is 0 Å². The summed E-state index contributed by atoms with van der Waals surface area (Å²) in [5, 5.41) is 22.2. The van der Waals surface area contributed by atoms with Crippen molar-refractivity contribution >= 4 is 12.1 Å². The first-order chi connectivity index (χ1) is 14.1. The van der Waals surface area contributed by atoms with Gasteiger partial charge in [-0.3, -0.25) is 0 Å². The van der Waals surface area contributed by atoms with Crippen molar-refractivity contribution in [2.24, 2.45) is 5.92 Å². The summed E-state index contributed by atoms with van der Waals surface area (Å²) in [6, 6.07) is 14.9. The fourth-order valence-electron chi connectivity index (χ4n) is 4.65. The Labute approximate surface area is 169 Å². The van der Waals surface area contributed by atoms with Crippen LogP contribution in [0.3, 0.4) is 0 Å². The largest absolute Gasteiger partial charge is 0.480 e. The van der Waals surface area contributed by atoms with Gasteiger partial charge in [0.25, 0.3) is 0 Å². The second-order valence-electron chi connectivity index (χ2n) is 7.80. The van der Waals surface area contributed by atoms with Crippen molar-refractivity contribution in [1.82, 2.24) is 5.32 Å². The van der Waals surface area contributed by atoms with E-state index in [0.717, 1.165) is 35.1 Å². The molecule has 4 rings (SSSR count). The maximum atomic E-state index is 12.4. The van der Waals surface area contributed by atoms with Gasteiger partial charge in [-0.15, -0.1) is 0 Å². The normalized spacial score (nSPS) is 21.7. The topological polar surface area (TPSA) is 95.9 Å². The van der Waals surface area contributed by atoms with Gasteiger partial charge in [-0.05, 0) is 35.1 Å². The molecule has 6 heteroatoms. The molecule has 1 amide bonds. The van der Waals surface area contributed by atoms with Crippen molar-refractivity contribution in [3.63, 3.8) is 0 Å². The van der Waals surface area contributed by atoms with Crippen LogP contribution in [-0.2, 0) is 9.53 Å². The Morgan fingerprint density at radius 3 is 2.17 bits per heavy atom. The maximum Gasteiger partial charge on any atom is 0.407 e. The highest BCUT2D eigenvalue weighted by molar-refractivity contribution is 5.81. The Bertz CT molecular complexity index is 866. The molecule has 2 aliphatic rings. The molecule has 2 aromatic carbocycles. The van der Waals surface area contributed by atoms with Crippen LogP contribution < -0.4 is 5.32 Å². The number of fused-ring (bicyclic) bond motifs is 3. The number of carboxylic acids is 1. The summed E-state index contributed by atoms with van der Waals surface area (Å²) in [6.45, 7) is 0.124. The molecule has 1 fully saturated rings. The number of nitrogens with one attached hydrogen (secondary N) is 1. The highest BCUT2D eigenvalue weighted by Gasteiger charge is 2.37. The van der Waals surface area contributed by atoms with Gasteiger partial charge in [0.05, 0.1) is 6.10 Å². The summed E-state index contributed by atoms with van der Waals surface area (Å²) in [5.74, 6) is -1.73. The molecule has 1 saturated carbocycles. The number of amides is 1. The minimum absolute atomic E-state index is 0.0864. The minimum Gasteiger partial charge on any atom is -0.480 e. The molecule has 2 aliphatic carbocycles. The molecular formula is C23H25NO5. The van der Waals surface area contributed by atoms with Gasteiger partial charge in [-0.1, -0.05) is 61.4 Å². The van der Waals surface area contributed by atoms with Crippen LogP contribution in [0.5, 0.6) is 0 Å². The van der Waals surface area contributed by atoms with E-state index >= 15 is 0 Å². The molecule has 0 spiro atoms. The second-order valence-corrected chi connectivity index (χ2v) is 7.80. The number of rotatable bonds is 5. The first kappa shape index (κ1) is 19.5. The van der Waals surface area contributed by atoms with Crippen molar-refractivity contribution in [3.05, 3.63) is 59.7 Å². The number of benzene rings is 2. The molecule has 0 aromatic heterocycles. The van der Waals surface area contributed by atoms with Crippen molar-refractivity contribution in [2.75, 3.05) is 6.61 Å². The predicted molar refractivity (Wildman–Crippen MR) is 108 cm³/mol. The number of alkyl carbamates (subject to hydrolysis) is 1. The fraction of sp³-hybridized carbons (Fsp3) is 0.391. The van der Waals surface area contributed by atoms with E-state index in [1.807, 2.05) is 36.4 Å². The predicted octanol–water partition coefficient (Wildman–Crippen LogP) is 3.53. The van der Waals surface area contributed by atoms with E-state index in [9.17, 15) is 19.8 Å². The summed E-state index contributed by atoms with van der Waals surface area (Å²) >= 11 is 0. The Morgan fingerprint density at radius 2 is 1.59 bits per heavy atom. The third-order valence-electron chi connectivity index (χ3n) is 6.09. The van der Waals surface area contributed by atoms with Crippen LogP contribution in [0.1, 0.15) is 42.7 Å². The lowest BCUT2D eigenvalue weighted by Crippen LogP contribution is -2.50. The number of ether oxygens (including phenoxy) is 1. The van der Waals surface area contributed by atoms with E-state index < -0.39 is 30.1 Å². The Morgan fingerprint density at radius 1 is 1.00 bits per heavy atom. The number of hydrogen-bond donors (Lipinski definition) is 3. The monoisotopic (exact) mass is 395 g/mol. The molecule has 3 unspecified atom stereocenters. The van der Waals surface area contributed by atoms with E-state index in [1.54, 1.807) is 0 Å². The third kappa shape index (κ3) is 3.85. The summed E-state index contributed by atoms with van der Waals surface area (Å²) in [4.78, 5) is 24.1. The smallest absolute Gasteiger partial charge is 0.407 e. The fourth-order valence-corrected chi connectivity index (χ4v) is 4.65. The summed E-state index contributed by atoms with van der Waals surface area (Å²) in [7, 11) is 0. The lowest BCUT2D eigenvalue weighted by atomic mass is 9.81. The van der Waals surface area contributed by atoms with E-state index in [2.05, 4.69) is 17.4 Å². The molecule has 0 bridgehead atoms. The number of aliphatic carboxylic acids is 1. The van der Waals surface area contributed by atoms with Crippen LogP contribution in [0, 0.1) is 5.92 Å². The van der Waals surface area contributed by atoms with Crippen LogP contribution in [0.25, 0.3) is 11.1 Å². The molecule has 2 aromatic rings. The quantitative estimate of drug-likeness (QED) is 0.720. The molecule has 3 N–H and O–H groups in total. The first-order valence-electron chi connectivity index (χ1n) is 10.1. The molecule has 152 valence electrons. The number of carbonyl (C=O) groups excluding carboxylic acids is 1. The Hall–Kier alpha value is -2.86. The zero-order chi connectivity index (χ0) is 20.4. The van der Waals surface area contributed by atoms with E-state index in [-0.39, 0.29) is 12.5 Å². The van der Waals surface area contributed by atoms with Gasteiger partial charge >= 0.3 is 12.1 Å². The van der Waals surface area contributed by atoms with Crippen LogP contribution in [0.15, 0.2) is 48.5 Å². The lowest BCUT2D eigenvalue weighted by molar-refractivity contribution is -0.142. The number of carbonyl (C=O) groups is 2. The molecular weight excluding hydrogens is 370 g/mol. The molecule has 0 radical (unpaired) electrons. The third-order valence-corrected chi connectivity index (χ3v) is 6.09. The summed E-state index contributed by atoms with van der Waals surface area (Å²) in [5.41, 5.74) is 4.45. The van der Waals surface area contributed by atoms with Crippen molar-refractivity contribution in [1.29, 1.82) is 0 Å². The average molecular weight is 395 g/mol. The number of aliphatic hydroxyl groups excluding tert-OH is 1. The SMILES string of the molecule is O=C(NC(C(=O)O)C1CCCCC1O)OCC1c2ccccc2-c2ccccc21. The lowest BCUT2D eigenvalue weighted by Gasteiger charge is -2.32. The van der Waals surface area contributed by atoms with Gasteiger partial charge in [0.2, 0.25) is 0 Å². The van der Waals surface area contributed by atoms with Crippen molar-refractivity contribution < 1.29 is 24.5 Å².